The second kappa shape index (κ2) is 6.11. The van der Waals surface area contributed by atoms with E-state index in [1.807, 2.05) is 0 Å². The van der Waals surface area contributed by atoms with E-state index in [1.54, 1.807) is 0 Å². The van der Waals surface area contributed by atoms with Gasteiger partial charge in [0.15, 0.2) is 0 Å². The highest BCUT2D eigenvalue weighted by molar-refractivity contribution is 5.79. The molecule has 1 aliphatic heterocycles. The summed E-state index contributed by atoms with van der Waals surface area (Å²) in [4.78, 5) is 12.0. The van der Waals surface area contributed by atoms with Crippen molar-refractivity contribution in [3.05, 3.63) is 0 Å². The van der Waals surface area contributed by atoms with E-state index in [4.69, 9.17) is 4.74 Å². The molecule has 15 heavy (non-hydrogen) atoms. The van der Waals surface area contributed by atoms with Crippen molar-refractivity contribution in [1.29, 1.82) is 0 Å². The largest absolute Gasteiger partial charge is 0.379 e. The van der Waals surface area contributed by atoms with Gasteiger partial charge < -0.3 is 10.1 Å². The number of nitrogens with one attached hydrogen (secondary N) is 1. The first-order valence-corrected chi connectivity index (χ1v) is 6.03. The SMILES string of the molecule is CCC[C@H](C(=O)N[C@H]1CCOC1)C(C)C. The van der Waals surface area contributed by atoms with Crippen LogP contribution >= 0.6 is 0 Å². The minimum Gasteiger partial charge on any atom is -0.379 e. The summed E-state index contributed by atoms with van der Waals surface area (Å²) in [6, 6.07) is 0.246. The monoisotopic (exact) mass is 213 g/mol. The standard InChI is InChI=1S/C12H23NO2/c1-4-5-11(9(2)3)12(14)13-10-6-7-15-8-10/h9-11H,4-8H2,1-3H3,(H,13,14)/t10-,11-/m0/s1. The van der Waals surface area contributed by atoms with Gasteiger partial charge in [0.2, 0.25) is 5.91 Å². The van der Waals surface area contributed by atoms with Crippen LogP contribution in [-0.4, -0.2) is 25.2 Å². The molecule has 2 atom stereocenters. The van der Waals surface area contributed by atoms with E-state index >= 15 is 0 Å². The van der Waals surface area contributed by atoms with Crippen LogP contribution in [0.25, 0.3) is 0 Å². The molecule has 1 heterocycles. The summed E-state index contributed by atoms with van der Waals surface area (Å²) in [6.07, 6.45) is 3.01. The van der Waals surface area contributed by atoms with Crippen LogP contribution in [-0.2, 0) is 9.53 Å². The zero-order chi connectivity index (χ0) is 11.3. The van der Waals surface area contributed by atoms with Gasteiger partial charge in [-0.1, -0.05) is 27.2 Å². The van der Waals surface area contributed by atoms with Gasteiger partial charge in [-0.25, -0.2) is 0 Å². The Hall–Kier alpha value is -0.570. The molecule has 0 radical (unpaired) electrons. The normalized spacial score (nSPS) is 23.1. The summed E-state index contributed by atoms with van der Waals surface area (Å²) in [6.45, 7) is 7.82. The van der Waals surface area contributed by atoms with E-state index in [2.05, 4.69) is 26.1 Å². The van der Waals surface area contributed by atoms with Crippen LogP contribution in [0, 0.1) is 11.8 Å². The average molecular weight is 213 g/mol. The number of carbonyl (C=O) groups is 1. The Morgan fingerprint density at radius 3 is 2.73 bits per heavy atom. The van der Waals surface area contributed by atoms with Crippen LogP contribution in [0.3, 0.4) is 0 Å². The Kier molecular flexibility index (Phi) is 5.09. The zero-order valence-corrected chi connectivity index (χ0v) is 10.1. The predicted octanol–water partition coefficient (Wildman–Crippen LogP) is 1.96. The fraction of sp³-hybridized carbons (Fsp3) is 0.917. The van der Waals surface area contributed by atoms with Crippen molar-refractivity contribution >= 4 is 5.91 Å². The Morgan fingerprint density at radius 2 is 2.27 bits per heavy atom. The van der Waals surface area contributed by atoms with Crippen molar-refractivity contribution < 1.29 is 9.53 Å². The fourth-order valence-corrected chi connectivity index (χ4v) is 2.03. The number of ether oxygens (including phenoxy) is 1. The number of hydrogen-bond acceptors (Lipinski definition) is 2. The minimum atomic E-state index is 0.163. The molecule has 3 nitrogen and oxygen atoms in total. The maximum Gasteiger partial charge on any atom is 0.223 e. The second-order valence-electron chi connectivity index (χ2n) is 4.71. The highest BCUT2D eigenvalue weighted by Gasteiger charge is 2.25. The molecule has 0 saturated carbocycles. The second-order valence-corrected chi connectivity index (χ2v) is 4.71. The number of rotatable bonds is 5. The Labute approximate surface area is 92.6 Å². The predicted molar refractivity (Wildman–Crippen MR) is 60.6 cm³/mol. The molecule has 0 bridgehead atoms. The number of carbonyl (C=O) groups excluding carboxylic acids is 1. The van der Waals surface area contributed by atoms with Crippen molar-refractivity contribution in [3.63, 3.8) is 0 Å². The molecule has 1 N–H and O–H groups in total. The first kappa shape index (κ1) is 12.5. The third kappa shape index (κ3) is 3.82. The van der Waals surface area contributed by atoms with E-state index in [9.17, 15) is 4.79 Å². The van der Waals surface area contributed by atoms with Crippen LogP contribution in [0.15, 0.2) is 0 Å². The summed E-state index contributed by atoms with van der Waals surface area (Å²) < 4.78 is 5.24. The summed E-state index contributed by atoms with van der Waals surface area (Å²) >= 11 is 0. The van der Waals surface area contributed by atoms with Gasteiger partial charge in [-0.15, -0.1) is 0 Å². The van der Waals surface area contributed by atoms with E-state index in [-0.39, 0.29) is 17.9 Å². The number of amides is 1. The fourth-order valence-electron chi connectivity index (χ4n) is 2.03. The lowest BCUT2D eigenvalue weighted by molar-refractivity contribution is -0.127. The van der Waals surface area contributed by atoms with Gasteiger partial charge >= 0.3 is 0 Å². The van der Waals surface area contributed by atoms with E-state index < -0.39 is 0 Å². The molecular weight excluding hydrogens is 190 g/mol. The average Bonchev–Trinajstić information content (AvgIpc) is 2.65. The lowest BCUT2D eigenvalue weighted by Crippen LogP contribution is -2.40. The van der Waals surface area contributed by atoms with Gasteiger partial charge in [0.05, 0.1) is 12.6 Å². The van der Waals surface area contributed by atoms with Gasteiger partial charge in [0.1, 0.15) is 0 Å². The van der Waals surface area contributed by atoms with E-state index in [1.165, 1.54) is 0 Å². The van der Waals surface area contributed by atoms with Crippen molar-refractivity contribution in [1.82, 2.24) is 5.32 Å². The lowest BCUT2D eigenvalue weighted by atomic mass is 9.90. The van der Waals surface area contributed by atoms with Gasteiger partial charge in [0.25, 0.3) is 0 Å². The van der Waals surface area contributed by atoms with Crippen LogP contribution in [0.5, 0.6) is 0 Å². The first-order valence-electron chi connectivity index (χ1n) is 6.03. The molecule has 88 valence electrons. The van der Waals surface area contributed by atoms with Crippen molar-refractivity contribution in [3.8, 4) is 0 Å². The smallest absolute Gasteiger partial charge is 0.223 e. The van der Waals surface area contributed by atoms with Crippen LogP contribution in [0.1, 0.15) is 40.0 Å². The van der Waals surface area contributed by atoms with Crippen LogP contribution in [0.2, 0.25) is 0 Å². The summed E-state index contributed by atoms with van der Waals surface area (Å²) in [5.41, 5.74) is 0. The van der Waals surface area contributed by atoms with Gasteiger partial charge in [-0.3, -0.25) is 4.79 Å². The Morgan fingerprint density at radius 1 is 1.53 bits per heavy atom. The van der Waals surface area contributed by atoms with Gasteiger partial charge in [0, 0.05) is 12.5 Å². The molecule has 1 saturated heterocycles. The van der Waals surface area contributed by atoms with E-state index in [0.717, 1.165) is 25.9 Å². The molecule has 1 aliphatic rings. The topological polar surface area (TPSA) is 38.3 Å². The molecular formula is C12H23NO2. The summed E-state index contributed by atoms with van der Waals surface area (Å²) in [5.74, 6) is 0.797. The molecule has 0 unspecified atom stereocenters. The molecule has 0 aliphatic carbocycles. The lowest BCUT2D eigenvalue weighted by Gasteiger charge is -2.21. The van der Waals surface area contributed by atoms with Crippen molar-refractivity contribution in [2.75, 3.05) is 13.2 Å². The molecule has 0 spiro atoms. The van der Waals surface area contributed by atoms with Crippen LogP contribution < -0.4 is 5.32 Å². The molecule has 0 aromatic heterocycles. The number of hydrogen-bond donors (Lipinski definition) is 1. The summed E-state index contributed by atoms with van der Waals surface area (Å²) in [7, 11) is 0. The van der Waals surface area contributed by atoms with Crippen molar-refractivity contribution in [2.24, 2.45) is 11.8 Å². The Bertz CT molecular complexity index is 198. The quantitative estimate of drug-likeness (QED) is 0.758. The molecule has 1 fully saturated rings. The molecule has 1 rings (SSSR count). The summed E-state index contributed by atoms with van der Waals surface area (Å²) in [5, 5.41) is 3.08. The maximum absolute atomic E-state index is 12.0. The van der Waals surface area contributed by atoms with Gasteiger partial charge in [-0.2, -0.15) is 0 Å². The molecule has 3 heteroatoms. The van der Waals surface area contributed by atoms with E-state index in [0.29, 0.717) is 12.5 Å². The minimum absolute atomic E-state index is 0.163. The molecule has 0 aromatic rings. The third-order valence-corrected chi connectivity index (χ3v) is 3.02. The molecule has 0 aromatic carbocycles. The Balaban J connectivity index is 2.40. The first-order chi connectivity index (χ1) is 7.15. The van der Waals surface area contributed by atoms with Crippen LogP contribution in [0.4, 0.5) is 0 Å². The highest BCUT2D eigenvalue weighted by atomic mass is 16.5. The maximum atomic E-state index is 12.0. The van der Waals surface area contributed by atoms with Crippen molar-refractivity contribution in [2.45, 2.75) is 46.1 Å². The molecule has 1 amide bonds. The van der Waals surface area contributed by atoms with Gasteiger partial charge in [-0.05, 0) is 18.8 Å². The third-order valence-electron chi connectivity index (χ3n) is 3.02. The highest BCUT2D eigenvalue weighted by Crippen LogP contribution is 2.18. The zero-order valence-electron chi connectivity index (χ0n) is 10.1.